The van der Waals surface area contributed by atoms with Crippen LogP contribution < -0.4 is 10.9 Å². The molecule has 3 aromatic heterocycles. The fourth-order valence-electron chi connectivity index (χ4n) is 2.08. The van der Waals surface area contributed by atoms with Crippen LogP contribution in [0.5, 0.6) is 5.75 Å². The van der Waals surface area contributed by atoms with E-state index in [4.69, 9.17) is 0 Å². The number of rotatable bonds is 2. The van der Waals surface area contributed by atoms with Crippen LogP contribution in [0.4, 0.5) is 5.82 Å². The van der Waals surface area contributed by atoms with Crippen molar-refractivity contribution in [3.05, 3.63) is 45.5 Å². The number of pyridine rings is 1. The number of hydrogen-bond donors (Lipinski definition) is 2. The van der Waals surface area contributed by atoms with Gasteiger partial charge >= 0.3 is 0 Å². The molecule has 7 nitrogen and oxygen atoms in total. The minimum Gasteiger partial charge on any atom is -0.504 e. The summed E-state index contributed by atoms with van der Waals surface area (Å²) in [5, 5.41) is 12.6. The average Bonchev–Trinajstić information content (AvgIpc) is 2.83. The molecule has 0 spiro atoms. The van der Waals surface area contributed by atoms with Crippen molar-refractivity contribution in [3.8, 4) is 5.75 Å². The molecule has 0 unspecified atom stereocenters. The van der Waals surface area contributed by atoms with Crippen molar-refractivity contribution in [2.24, 2.45) is 7.05 Å². The van der Waals surface area contributed by atoms with Crippen LogP contribution in [-0.2, 0) is 7.05 Å². The van der Waals surface area contributed by atoms with Crippen molar-refractivity contribution in [2.45, 2.75) is 6.92 Å². The van der Waals surface area contributed by atoms with Crippen LogP contribution in [0.25, 0.3) is 10.2 Å². The van der Waals surface area contributed by atoms with Gasteiger partial charge < -0.3 is 15.0 Å². The summed E-state index contributed by atoms with van der Waals surface area (Å²) < 4.78 is 1.37. The first kappa shape index (κ1) is 14.2. The predicted octanol–water partition coefficient (Wildman–Crippen LogP) is 1.66. The van der Waals surface area contributed by atoms with E-state index < -0.39 is 5.91 Å². The molecule has 0 saturated heterocycles. The maximum absolute atomic E-state index is 12.4. The van der Waals surface area contributed by atoms with Crippen LogP contribution >= 0.6 is 11.3 Å². The number of thiophene rings is 1. The molecular formula is C14H12N4O3S. The van der Waals surface area contributed by atoms with Gasteiger partial charge in [0.25, 0.3) is 11.5 Å². The number of amides is 1. The molecule has 2 N–H and O–H groups in total. The summed E-state index contributed by atoms with van der Waals surface area (Å²) >= 11 is 1.13. The summed E-state index contributed by atoms with van der Waals surface area (Å²) in [4.78, 5) is 33.5. The minimum absolute atomic E-state index is 0.0743. The van der Waals surface area contributed by atoms with E-state index in [1.54, 1.807) is 20.0 Å². The largest absolute Gasteiger partial charge is 0.504 e. The highest BCUT2D eigenvalue weighted by Gasteiger charge is 2.20. The monoisotopic (exact) mass is 316 g/mol. The quantitative estimate of drug-likeness (QED) is 0.749. The second-order valence-corrected chi connectivity index (χ2v) is 5.72. The van der Waals surface area contributed by atoms with Crippen molar-refractivity contribution < 1.29 is 9.90 Å². The van der Waals surface area contributed by atoms with Gasteiger partial charge in [-0.15, -0.1) is 11.3 Å². The summed E-state index contributed by atoms with van der Waals surface area (Å²) in [6.45, 7) is 1.70. The van der Waals surface area contributed by atoms with Gasteiger partial charge in [0.05, 0.1) is 16.6 Å². The Morgan fingerprint density at radius 3 is 2.91 bits per heavy atom. The van der Waals surface area contributed by atoms with E-state index in [0.29, 0.717) is 20.7 Å². The van der Waals surface area contributed by atoms with Gasteiger partial charge in [-0.3, -0.25) is 9.59 Å². The molecule has 0 aromatic carbocycles. The smallest absolute Gasteiger partial charge is 0.267 e. The van der Waals surface area contributed by atoms with Crippen molar-refractivity contribution >= 4 is 33.3 Å². The Bertz CT molecular complexity index is 945. The van der Waals surface area contributed by atoms with Crippen LogP contribution in [-0.4, -0.2) is 25.5 Å². The van der Waals surface area contributed by atoms with Crippen molar-refractivity contribution in [3.63, 3.8) is 0 Å². The number of carbonyl (C=O) groups is 1. The van der Waals surface area contributed by atoms with Gasteiger partial charge in [0.15, 0.2) is 11.6 Å². The number of carbonyl (C=O) groups excluding carboxylic acids is 1. The second-order valence-electron chi connectivity index (χ2n) is 4.72. The molecule has 0 aliphatic heterocycles. The van der Waals surface area contributed by atoms with Gasteiger partial charge in [0, 0.05) is 13.2 Å². The Balaban J connectivity index is 2.05. The Kier molecular flexibility index (Phi) is 3.38. The molecule has 112 valence electrons. The Labute approximate surface area is 128 Å². The Morgan fingerprint density at radius 1 is 1.41 bits per heavy atom. The van der Waals surface area contributed by atoms with E-state index in [-0.39, 0.29) is 17.1 Å². The molecule has 0 fully saturated rings. The summed E-state index contributed by atoms with van der Waals surface area (Å²) in [6.07, 6.45) is 2.89. The first-order valence-electron chi connectivity index (χ1n) is 6.39. The third-order valence-corrected chi connectivity index (χ3v) is 4.43. The normalized spacial score (nSPS) is 10.8. The van der Waals surface area contributed by atoms with E-state index >= 15 is 0 Å². The van der Waals surface area contributed by atoms with Crippen LogP contribution in [0.15, 0.2) is 29.5 Å². The lowest BCUT2D eigenvalue weighted by Crippen LogP contribution is -2.17. The van der Waals surface area contributed by atoms with Crippen molar-refractivity contribution in [1.82, 2.24) is 14.5 Å². The summed E-state index contributed by atoms with van der Waals surface area (Å²) in [6, 6.07) is 2.99. The zero-order valence-electron chi connectivity index (χ0n) is 11.8. The Hall–Kier alpha value is -2.74. The molecule has 0 aliphatic carbocycles. The van der Waals surface area contributed by atoms with Crippen LogP contribution in [0.1, 0.15) is 15.2 Å². The van der Waals surface area contributed by atoms with E-state index in [1.807, 2.05) is 0 Å². The third-order valence-electron chi connectivity index (χ3n) is 3.24. The molecule has 0 aliphatic rings. The number of aryl methyl sites for hydroxylation is 2. The number of fused-ring (bicyclic) bond motifs is 1. The van der Waals surface area contributed by atoms with Crippen LogP contribution in [0, 0.1) is 6.92 Å². The predicted molar refractivity (Wildman–Crippen MR) is 83.5 cm³/mol. The van der Waals surface area contributed by atoms with E-state index in [9.17, 15) is 14.7 Å². The molecule has 22 heavy (non-hydrogen) atoms. The highest BCUT2D eigenvalue weighted by Crippen LogP contribution is 2.28. The number of anilines is 1. The maximum Gasteiger partial charge on any atom is 0.267 e. The second kappa shape index (κ2) is 5.23. The van der Waals surface area contributed by atoms with E-state index in [0.717, 1.165) is 11.3 Å². The number of aromatic hydroxyl groups is 1. The number of hydrogen-bond acceptors (Lipinski definition) is 6. The highest BCUT2D eigenvalue weighted by molar-refractivity contribution is 7.20. The molecule has 0 atom stereocenters. The zero-order chi connectivity index (χ0) is 15.9. The summed E-state index contributed by atoms with van der Waals surface area (Å²) in [5.74, 6) is -0.481. The Morgan fingerprint density at radius 2 is 2.18 bits per heavy atom. The van der Waals surface area contributed by atoms with Gasteiger partial charge in [-0.1, -0.05) is 0 Å². The van der Waals surface area contributed by atoms with E-state index in [1.165, 1.54) is 23.2 Å². The zero-order valence-corrected chi connectivity index (χ0v) is 12.6. The van der Waals surface area contributed by atoms with Gasteiger partial charge in [0.1, 0.15) is 4.83 Å². The average molecular weight is 316 g/mol. The summed E-state index contributed by atoms with van der Waals surface area (Å²) in [5.41, 5.74) is 0.375. The van der Waals surface area contributed by atoms with Crippen molar-refractivity contribution in [1.29, 1.82) is 0 Å². The molecule has 0 radical (unpaired) electrons. The highest BCUT2D eigenvalue weighted by atomic mass is 32.1. The molecule has 3 heterocycles. The first-order valence-corrected chi connectivity index (χ1v) is 7.20. The van der Waals surface area contributed by atoms with Crippen LogP contribution in [0.3, 0.4) is 0 Å². The maximum atomic E-state index is 12.4. The molecule has 0 bridgehead atoms. The lowest BCUT2D eigenvalue weighted by Gasteiger charge is -2.04. The standard InChI is InChI=1S/C14H12N4O3S/c1-7-9-13(16-6-18(2)14(9)21)22-10(7)12(20)17-11-8(19)4-3-5-15-11/h3-6,19H,1-2H3,(H,15,17,20). The van der Waals surface area contributed by atoms with Gasteiger partial charge in [-0.05, 0) is 24.6 Å². The minimum atomic E-state index is -0.434. The fraction of sp³-hybridized carbons (Fsp3) is 0.143. The molecular weight excluding hydrogens is 304 g/mol. The number of nitrogens with one attached hydrogen (secondary N) is 1. The first-order chi connectivity index (χ1) is 10.5. The number of nitrogens with zero attached hydrogens (tertiary/aromatic N) is 3. The van der Waals surface area contributed by atoms with Gasteiger partial charge in [-0.2, -0.15) is 0 Å². The lowest BCUT2D eigenvalue weighted by atomic mass is 10.2. The van der Waals surface area contributed by atoms with Crippen molar-refractivity contribution in [2.75, 3.05) is 5.32 Å². The van der Waals surface area contributed by atoms with Gasteiger partial charge in [-0.25, -0.2) is 9.97 Å². The van der Waals surface area contributed by atoms with E-state index in [2.05, 4.69) is 15.3 Å². The fourth-order valence-corrected chi connectivity index (χ4v) is 3.12. The topological polar surface area (TPSA) is 97.1 Å². The number of aromatic nitrogens is 3. The third kappa shape index (κ3) is 2.23. The lowest BCUT2D eigenvalue weighted by molar-refractivity contribution is 0.102. The van der Waals surface area contributed by atoms with Gasteiger partial charge in [0.2, 0.25) is 0 Å². The molecule has 0 saturated carbocycles. The molecule has 3 aromatic rings. The summed E-state index contributed by atoms with van der Waals surface area (Å²) in [7, 11) is 1.61. The molecule has 3 rings (SSSR count). The molecule has 1 amide bonds. The SMILES string of the molecule is Cc1c(C(=O)Nc2ncccc2O)sc2ncn(C)c(=O)c12. The molecule has 8 heteroatoms. The van der Waals surface area contributed by atoms with Crippen LogP contribution in [0.2, 0.25) is 0 Å².